The fourth-order valence-electron chi connectivity index (χ4n) is 5.89. The predicted octanol–water partition coefficient (Wildman–Crippen LogP) is 3.75. The van der Waals surface area contributed by atoms with E-state index in [1.807, 2.05) is 0 Å². The molecule has 1 aromatic rings. The molecule has 0 aromatic carbocycles. The summed E-state index contributed by atoms with van der Waals surface area (Å²) in [6.07, 6.45) is 7.54. The first-order valence-corrected chi connectivity index (χ1v) is 9.26. The summed E-state index contributed by atoms with van der Waals surface area (Å²) in [5.41, 5.74) is 1.16. The number of hydrogen-bond acceptors (Lipinski definition) is 4. The highest BCUT2D eigenvalue weighted by atomic mass is 16.5. The zero-order valence-electron chi connectivity index (χ0n) is 15.0. The highest BCUT2D eigenvalue weighted by Crippen LogP contribution is 2.60. The summed E-state index contributed by atoms with van der Waals surface area (Å²) < 4.78 is 6.70. The Morgan fingerprint density at radius 3 is 1.96 bits per heavy atom. The smallest absolute Gasteiger partial charge is 0.354 e. The average molecular weight is 345 g/mol. The monoisotopic (exact) mass is 345 g/mol. The van der Waals surface area contributed by atoms with Gasteiger partial charge in [0.05, 0.1) is 6.61 Å². The first-order valence-electron chi connectivity index (χ1n) is 9.26. The Bertz CT molecular complexity index is 685. The third-order valence-corrected chi connectivity index (χ3v) is 6.84. The minimum absolute atomic E-state index is 0.0454. The third kappa shape index (κ3) is 2.55. The van der Waals surface area contributed by atoms with E-state index in [-0.39, 0.29) is 22.9 Å². The minimum atomic E-state index is -0.573. The maximum absolute atomic E-state index is 12.5. The van der Waals surface area contributed by atoms with Crippen LogP contribution in [0.15, 0.2) is 6.58 Å². The number of nitrogens with zero attached hydrogens (tertiary/aromatic N) is 1. The van der Waals surface area contributed by atoms with Crippen LogP contribution in [0.1, 0.15) is 49.7 Å². The Balaban J connectivity index is 1.46. The molecule has 4 aliphatic carbocycles. The van der Waals surface area contributed by atoms with Crippen LogP contribution in [0.25, 0.3) is 5.70 Å². The molecule has 136 valence electrons. The number of hydrogen-bond donors (Lipinski definition) is 2. The Labute approximate surface area is 148 Å². The van der Waals surface area contributed by atoms with Gasteiger partial charge in [-0.1, -0.05) is 6.58 Å². The molecule has 0 aliphatic heterocycles. The lowest BCUT2D eigenvalue weighted by molar-refractivity contribution is -0.149. The van der Waals surface area contributed by atoms with Crippen LogP contribution in [0.3, 0.4) is 0 Å². The van der Waals surface area contributed by atoms with Gasteiger partial charge in [-0.05, 0) is 70.1 Å². The molecule has 4 aliphatic rings. The number of esters is 1. The van der Waals surface area contributed by atoms with Crippen molar-refractivity contribution in [1.82, 2.24) is 4.57 Å². The summed E-state index contributed by atoms with van der Waals surface area (Å²) in [6.45, 7) is 7.54. The van der Waals surface area contributed by atoms with Crippen LogP contribution in [0, 0.1) is 37.0 Å². The van der Waals surface area contributed by atoms with Gasteiger partial charge in [-0.15, -0.1) is 0 Å². The van der Waals surface area contributed by atoms with Crippen LogP contribution in [-0.2, 0) is 9.53 Å². The first kappa shape index (κ1) is 16.6. The van der Waals surface area contributed by atoms with Crippen LogP contribution in [-0.4, -0.2) is 27.4 Å². The molecule has 4 fully saturated rings. The third-order valence-electron chi connectivity index (χ3n) is 6.84. The minimum Gasteiger partial charge on any atom is -0.494 e. The van der Waals surface area contributed by atoms with E-state index in [0.29, 0.717) is 17.7 Å². The number of ether oxygens (including phenoxy) is 1. The van der Waals surface area contributed by atoms with Crippen molar-refractivity contribution >= 4 is 11.7 Å². The predicted molar refractivity (Wildman–Crippen MR) is 94.1 cm³/mol. The van der Waals surface area contributed by atoms with Crippen molar-refractivity contribution in [2.75, 3.05) is 6.61 Å². The van der Waals surface area contributed by atoms with Gasteiger partial charge in [0.1, 0.15) is 5.70 Å². The number of carbonyl (C=O) groups excluding carboxylic acids is 1. The lowest BCUT2D eigenvalue weighted by atomic mass is 9.50. The van der Waals surface area contributed by atoms with Gasteiger partial charge in [-0.2, -0.15) is 0 Å². The molecule has 5 heteroatoms. The number of aromatic hydroxyl groups is 2. The van der Waals surface area contributed by atoms with Crippen molar-refractivity contribution in [3.05, 3.63) is 17.7 Å². The maximum Gasteiger partial charge on any atom is 0.354 e. The molecule has 0 unspecified atom stereocenters. The van der Waals surface area contributed by atoms with Crippen LogP contribution < -0.4 is 0 Å². The maximum atomic E-state index is 12.5. The van der Waals surface area contributed by atoms with Gasteiger partial charge in [0, 0.05) is 16.5 Å². The lowest BCUT2D eigenvalue weighted by Crippen LogP contribution is -2.48. The van der Waals surface area contributed by atoms with Crippen molar-refractivity contribution in [3.8, 4) is 11.8 Å². The first-order chi connectivity index (χ1) is 11.8. The topological polar surface area (TPSA) is 71.7 Å². The van der Waals surface area contributed by atoms with Crippen LogP contribution in [0.4, 0.5) is 0 Å². The number of carbonyl (C=O) groups is 1. The second-order valence-corrected chi connectivity index (χ2v) is 8.67. The quantitative estimate of drug-likeness (QED) is 0.644. The molecule has 5 nitrogen and oxygen atoms in total. The number of rotatable bonds is 4. The molecule has 0 radical (unpaired) electrons. The van der Waals surface area contributed by atoms with Gasteiger partial charge in [0.25, 0.3) is 0 Å². The lowest BCUT2D eigenvalue weighted by Gasteiger charge is -2.56. The SMILES string of the molecule is C=C(C(=O)OCC12CC3CC(CC(C3)C1)C2)n1c(O)c(C)c(C)c1O. The van der Waals surface area contributed by atoms with Gasteiger partial charge in [-0.3, -0.25) is 0 Å². The van der Waals surface area contributed by atoms with E-state index in [4.69, 9.17) is 4.74 Å². The fourth-order valence-corrected chi connectivity index (χ4v) is 5.89. The van der Waals surface area contributed by atoms with Crippen molar-refractivity contribution in [3.63, 3.8) is 0 Å². The summed E-state index contributed by atoms with van der Waals surface area (Å²) in [5, 5.41) is 20.3. The molecule has 4 saturated carbocycles. The Morgan fingerprint density at radius 2 is 1.52 bits per heavy atom. The highest BCUT2D eigenvalue weighted by Gasteiger charge is 2.51. The second-order valence-electron chi connectivity index (χ2n) is 8.67. The van der Waals surface area contributed by atoms with Crippen molar-refractivity contribution < 1.29 is 19.7 Å². The van der Waals surface area contributed by atoms with E-state index in [1.165, 1.54) is 19.3 Å². The molecule has 0 spiro atoms. The Morgan fingerprint density at radius 1 is 1.08 bits per heavy atom. The summed E-state index contributed by atoms with van der Waals surface area (Å²) in [5.74, 6) is 1.51. The van der Waals surface area contributed by atoms with E-state index < -0.39 is 5.97 Å². The molecule has 2 N–H and O–H groups in total. The van der Waals surface area contributed by atoms with Crippen molar-refractivity contribution in [1.29, 1.82) is 0 Å². The summed E-state index contributed by atoms with van der Waals surface area (Å²) in [6, 6.07) is 0. The molecule has 0 saturated heterocycles. The molecule has 1 aromatic heterocycles. The molecule has 1 heterocycles. The van der Waals surface area contributed by atoms with E-state index in [1.54, 1.807) is 13.8 Å². The van der Waals surface area contributed by atoms with Gasteiger partial charge < -0.3 is 14.9 Å². The average Bonchev–Trinajstić information content (AvgIpc) is 2.74. The largest absolute Gasteiger partial charge is 0.494 e. The van der Waals surface area contributed by atoms with Crippen molar-refractivity contribution in [2.24, 2.45) is 23.2 Å². The van der Waals surface area contributed by atoms with Crippen LogP contribution in [0.2, 0.25) is 0 Å². The second kappa shape index (κ2) is 5.55. The van der Waals surface area contributed by atoms with E-state index >= 15 is 0 Å². The normalized spacial score (nSPS) is 32.8. The van der Waals surface area contributed by atoms with Gasteiger partial charge in [0.2, 0.25) is 11.8 Å². The zero-order chi connectivity index (χ0) is 17.9. The van der Waals surface area contributed by atoms with E-state index in [0.717, 1.165) is 41.6 Å². The van der Waals surface area contributed by atoms with E-state index in [2.05, 4.69) is 6.58 Å². The molecule has 25 heavy (non-hydrogen) atoms. The standard InChI is InChI=1S/C20H27NO4/c1-11-12(2)18(23)21(17(11)22)13(3)19(24)25-10-20-7-14-4-15(8-20)6-16(5-14)9-20/h14-16,22-23H,3-10H2,1-2H3. The van der Waals surface area contributed by atoms with E-state index in [9.17, 15) is 15.0 Å². The molecule has 0 amide bonds. The molecular weight excluding hydrogens is 318 g/mol. The van der Waals surface area contributed by atoms with Gasteiger partial charge in [-0.25, -0.2) is 9.36 Å². The fraction of sp³-hybridized carbons (Fsp3) is 0.650. The Kier molecular flexibility index (Phi) is 3.67. The highest BCUT2D eigenvalue weighted by molar-refractivity contribution is 6.10. The van der Waals surface area contributed by atoms with Crippen LogP contribution in [0.5, 0.6) is 11.8 Å². The Hall–Kier alpha value is -1.91. The van der Waals surface area contributed by atoms with Gasteiger partial charge >= 0.3 is 5.97 Å². The van der Waals surface area contributed by atoms with Gasteiger partial charge in [0.15, 0.2) is 0 Å². The van der Waals surface area contributed by atoms with Crippen molar-refractivity contribution in [2.45, 2.75) is 52.4 Å². The van der Waals surface area contributed by atoms with Crippen LogP contribution >= 0.6 is 0 Å². The summed E-state index contributed by atoms with van der Waals surface area (Å²) in [4.78, 5) is 12.5. The zero-order valence-corrected chi connectivity index (χ0v) is 15.0. The molecule has 0 atom stereocenters. The molecule has 5 rings (SSSR count). The number of aromatic nitrogens is 1. The summed E-state index contributed by atoms with van der Waals surface area (Å²) >= 11 is 0. The summed E-state index contributed by atoms with van der Waals surface area (Å²) in [7, 11) is 0. The molecular formula is C20H27NO4. The molecule has 4 bridgehead atoms.